The fourth-order valence-corrected chi connectivity index (χ4v) is 2.40. The molecule has 98 valence electrons. The van der Waals surface area contributed by atoms with Crippen LogP contribution in [-0.2, 0) is 6.54 Å². The average Bonchev–Trinajstić information content (AvgIpc) is 2.83. The molecule has 0 atom stereocenters. The summed E-state index contributed by atoms with van der Waals surface area (Å²) >= 11 is 0. The van der Waals surface area contributed by atoms with Gasteiger partial charge in [0.2, 0.25) is 5.56 Å². The van der Waals surface area contributed by atoms with Crippen LogP contribution in [0, 0.1) is 5.92 Å². The second-order valence-corrected chi connectivity index (χ2v) is 5.13. The van der Waals surface area contributed by atoms with Gasteiger partial charge < -0.3 is 9.55 Å². The lowest BCUT2D eigenvalue weighted by Gasteiger charge is -2.13. The Bertz CT molecular complexity index is 868. The van der Waals surface area contributed by atoms with Crippen LogP contribution in [-0.4, -0.2) is 14.0 Å². The summed E-state index contributed by atoms with van der Waals surface area (Å²) in [5.74, 6) is 0.352. The number of aromatic amines is 1. The molecule has 5 nitrogen and oxygen atoms in total. The van der Waals surface area contributed by atoms with Crippen molar-refractivity contribution in [1.82, 2.24) is 14.0 Å². The molecule has 0 aliphatic carbocycles. The number of hydrogen-bond acceptors (Lipinski definition) is 2. The molecule has 3 heterocycles. The molecule has 0 aliphatic heterocycles. The maximum absolute atomic E-state index is 12.5. The Labute approximate surface area is 109 Å². The summed E-state index contributed by atoms with van der Waals surface area (Å²) < 4.78 is 3.46. The fraction of sp³-hybridized carbons (Fsp3) is 0.286. The van der Waals surface area contributed by atoms with Gasteiger partial charge in [0, 0.05) is 18.8 Å². The van der Waals surface area contributed by atoms with E-state index in [9.17, 15) is 9.59 Å². The van der Waals surface area contributed by atoms with Crippen molar-refractivity contribution in [3.05, 3.63) is 51.2 Å². The summed E-state index contributed by atoms with van der Waals surface area (Å²) in [6, 6.07) is 6.73. The van der Waals surface area contributed by atoms with Crippen LogP contribution in [0.4, 0.5) is 0 Å². The topological polar surface area (TPSA) is 59.3 Å². The van der Waals surface area contributed by atoms with Crippen molar-refractivity contribution in [2.45, 2.75) is 20.4 Å². The molecule has 3 aromatic heterocycles. The number of nitrogens with one attached hydrogen (secondary N) is 1. The standard InChI is InChI=1S/C14H15N3O2/c1-9(2)8-17-10-5-6-12(18)15-13(10)16-7-3-4-11(16)14(17)19/h3-7,9H,8H2,1-2H3,(H,15,18). The summed E-state index contributed by atoms with van der Waals surface area (Å²) in [4.78, 5) is 26.8. The zero-order chi connectivity index (χ0) is 13.6. The molecular weight excluding hydrogens is 242 g/mol. The van der Waals surface area contributed by atoms with Gasteiger partial charge in [-0.25, -0.2) is 0 Å². The molecular formula is C14H15N3O2. The van der Waals surface area contributed by atoms with Crippen molar-refractivity contribution in [2.24, 2.45) is 5.92 Å². The van der Waals surface area contributed by atoms with Crippen molar-refractivity contribution in [3.8, 4) is 0 Å². The van der Waals surface area contributed by atoms with Gasteiger partial charge >= 0.3 is 0 Å². The molecule has 0 spiro atoms. The van der Waals surface area contributed by atoms with Gasteiger partial charge in [-0.05, 0) is 24.1 Å². The lowest BCUT2D eigenvalue weighted by atomic mass is 10.2. The third-order valence-electron chi connectivity index (χ3n) is 3.17. The van der Waals surface area contributed by atoms with Crippen LogP contribution in [0.5, 0.6) is 0 Å². The van der Waals surface area contributed by atoms with E-state index >= 15 is 0 Å². The Morgan fingerprint density at radius 3 is 2.68 bits per heavy atom. The number of nitrogens with zero attached hydrogens (tertiary/aromatic N) is 2. The molecule has 19 heavy (non-hydrogen) atoms. The van der Waals surface area contributed by atoms with Gasteiger partial charge in [0.25, 0.3) is 5.56 Å². The first-order valence-corrected chi connectivity index (χ1v) is 6.31. The first-order valence-electron chi connectivity index (χ1n) is 6.31. The predicted octanol–water partition coefficient (Wildman–Crippen LogP) is 1.60. The van der Waals surface area contributed by atoms with Gasteiger partial charge in [0.1, 0.15) is 11.2 Å². The van der Waals surface area contributed by atoms with Gasteiger partial charge in [0.05, 0.1) is 5.52 Å². The lowest BCUT2D eigenvalue weighted by molar-refractivity contribution is 0.524. The number of H-pyrrole nitrogens is 1. The quantitative estimate of drug-likeness (QED) is 0.758. The van der Waals surface area contributed by atoms with Gasteiger partial charge in [-0.15, -0.1) is 0 Å². The van der Waals surface area contributed by atoms with E-state index in [1.165, 1.54) is 6.07 Å². The molecule has 3 aromatic rings. The molecule has 1 N–H and O–H groups in total. The van der Waals surface area contributed by atoms with E-state index in [-0.39, 0.29) is 11.1 Å². The maximum atomic E-state index is 12.5. The smallest absolute Gasteiger partial charge is 0.275 e. The Morgan fingerprint density at radius 2 is 1.95 bits per heavy atom. The van der Waals surface area contributed by atoms with E-state index in [1.54, 1.807) is 33.4 Å². The van der Waals surface area contributed by atoms with Crippen LogP contribution in [0.25, 0.3) is 16.7 Å². The normalized spacial score (nSPS) is 11.7. The molecule has 0 radical (unpaired) electrons. The van der Waals surface area contributed by atoms with Crippen molar-refractivity contribution in [2.75, 3.05) is 0 Å². The minimum absolute atomic E-state index is 0.0294. The van der Waals surface area contributed by atoms with Crippen molar-refractivity contribution >= 4 is 16.7 Å². The molecule has 0 unspecified atom stereocenters. The van der Waals surface area contributed by atoms with E-state index in [1.807, 2.05) is 0 Å². The molecule has 0 fully saturated rings. The largest absolute Gasteiger partial charge is 0.306 e. The van der Waals surface area contributed by atoms with Crippen molar-refractivity contribution in [1.29, 1.82) is 0 Å². The number of fused-ring (bicyclic) bond motifs is 3. The van der Waals surface area contributed by atoms with E-state index in [0.29, 0.717) is 23.6 Å². The molecule has 5 heteroatoms. The number of hydrogen-bond donors (Lipinski definition) is 1. The highest BCUT2D eigenvalue weighted by molar-refractivity contribution is 5.74. The zero-order valence-corrected chi connectivity index (χ0v) is 10.9. The van der Waals surface area contributed by atoms with Crippen molar-refractivity contribution in [3.63, 3.8) is 0 Å². The SMILES string of the molecule is CC(C)Cn1c(=O)c2cccn2c2[nH]c(=O)ccc21. The first-order chi connectivity index (χ1) is 9.08. The molecule has 3 rings (SSSR count). The van der Waals surface area contributed by atoms with E-state index in [2.05, 4.69) is 18.8 Å². The molecule has 0 saturated carbocycles. The van der Waals surface area contributed by atoms with Crippen molar-refractivity contribution < 1.29 is 0 Å². The summed E-state index contributed by atoms with van der Waals surface area (Å²) in [5, 5.41) is 0. The summed E-state index contributed by atoms with van der Waals surface area (Å²) in [7, 11) is 0. The lowest BCUT2D eigenvalue weighted by Crippen LogP contribution is -2.26. The van der Waals surface area contributed by atoms with Gasteiger partial charge in [-0.3, -0.25) is 14.0 Å². The third-order valence-corrected chi connectivity index (χ3v) is 3.17. The van der Waals surface area contributed by atoms with Gasteiger partial charge in [0.15, 0.2) is 0 Å². The molecule has 0 aromatic carbocycles. The summed E-state index contributed by atoms with van der Waals surface area (Å²) in [6.07, 6.45) is 1.79. The second kappa shape index (κ2) is 4.12. The van der Waals surface area contributed by atoms with Gasteiger partial charge in [-0.1, -0.05) is 13.8 Å². The zero-order valence-electron chi connectivity index (χ0n) is 10.9. The van der Waals surface area contributed by atoms with Crippen LogP contribution in [0.2, 0.25) is 0 Å². The van der Waals surface area contributed by atoms with Crippen LogP contribution in [0.15, 0.2) is 40.1 Å². The summed E-state index contributed by atoms with van der Waals surface area (Å²) in [5.41, 5.74) is 1.79. The Balaban J connectivity index is 2.53. The number of rotatable bonds is 2. The number of pyridine rings is 1. The minimum atomic E-state index is -0.169. The molecule has 0 amide bonds. The van der Waals surface area contributed by atoms with E-state index < -0.39 is 0 Å². The van der Waals surface area contributed by atoms with E-state index in [4.69, 9.17) is 0 Å². The summed E-state index contributed by atoms with van der Waals surface area (Å²) in [6.45, 7) is 4.75. The van der Waals surface area contributed by atoms with Gasteiger partial charge in [-0.2, -0.15) is 0 Å². The Hall–Kier alpha value is -2.30. The van der Waals surface area contributed by atoms with E-state index in [0.717, 1.165) is 5.52 Å². The first kappa shape index (κ1) is 11.8. The Morgan fingerprint density at radius 1 is 1.16 bits per heavy atom. The predicted molar refractivity (Wildman–Crippen MR) is 74.6 cm³/mol. The maximum Gasteiger partial charge on any atom is 0.275 e. The van der Waals surface area contributed by atoms with Crippen LogP contribution in [0.1, 0.15) is 13.8 Å². The highest BCUT2D eigenvalue weighted by atomic mass is 16.1. The minimum Gasteiger partial charge on any atom is -0.306 e. The second-order valence-electron chi connectivity index (χ2n) is 5.13. The highest BCUT2D eigenvalue weighted by Crippen LogP contribution is 2.12. The Kier molecular flexibility index (Phi) is 2.55. The van der Waals surface area contributed by atoms with Crippen LogP contribution >= 0.6 is 0 Å². The van der Waals surface area contributed by atoms with Crippen LogP contribution < -0.4 is 11.1 Å². The van der Waals surface area contributed by atoms with Crippen LogP contribution in [0.3, 0.4) is 0 Å². The average molecular weight is 257 g/mol. The monoisotopic (exact) mass is 257 g/mol. The highest BCUT2D eigenvalue weighted by Gasteiger charge is 2.11. The fourth-order valence-electron chi connectivity index (χ4n) is 2.40. The molecule has 0 bridgehead atoms. The molecule has 0 aliphatic rings. The molecule has 0 saturated heterocycles. The number of aromatic nitrogens is 3. The third kappa shape index (κ3) is 1.78.